The molecule has 0 bridgehead atoms. The zero-order valence-corrected chi connectivity index (χ0v) is 11.6. The summed E-state index contributed by atoms with van der Waals surface area (Å²) in [5, 5.41) is 0.933. The lowest BCUT2D eigenvalue weighted by Gasteiger charge is -2.17. The van der Waals surface area contributed by atoms with Crippen LogP contribution >= 0.6 is 23.2 Å². The summed E-state index contributed by atoms with van der Waals surface area (Å²) < 4.78 is 15.4. The Hall–Kier alpha value is -0.970. The van der Waals surface area contributed by atoms with Crippen molar-refractivity contribution < 1.29 is 19.0 Å². The van der Waals surface area contributed by atoms with E-state index >= 15 is 0 Å². The smallest absolute Gasteiger partial charge is 0.303 e. The quantitative estimate of drug-likeness (QED) is 0.756. The second-order valence-electron chi connectivity index (χ2n) is 3.57. The van der Waals surface area contributed by atoms with E-state index in [1.54, 1.807) is 18.2 Å². The van der Waals surface area contributed by atoms with E-state index < -0.39 is 6.10 Å². The summed E-state index contributed by atoms with van der Waals surface area (Å²) in [6.45, 7) is 1.75. The Balaban J connectivity index is 2.57. The number of carbonyl (C=O) groups excluding carboxylic acids is 1. The maximum Gasteiger partial charge on any atom is 0.303 e. The van der Waals surface area contributed by atoms with Gasteiger partial charge in [-0.05, 0) is 18.2 Å². The monoisotopic (exact) mass is 292 g/mol. The van der Waals surface area contributed by atoms with Crippen LogP contribution in [0.5, 0.6) is 5.75 Å². The molecule has 1 rings (SSSR count). The highest BCUT2D eigenvalue weighted by Crippen LogP contribution is 2.27. The molecule has 0 N–H and O–H groups in total. The molecule has 0 radical (unpaired) electrons. The molecule has 0 saturated carbocycles. The zero-order valence-electron chi connectivity index (χ0n) is 10.1. The van der Waals surface area contributed by atoms with E-state index in [-0.39, 0.29) is 19.2 Å². The average Bonchev–Trinajstić information content (AvgIpc) is 2.27. The lowest BCUT2D eigenvalue weighted by Crippen LogP contribution is -2.28. The Kier molecular flexibility index (Phi) is 6.25. The summed E-state index contributed by atoms with van der Waals surface area (Å²) in [4.78, 5) is 10.9. The number of methoxy groups -OCH3 is 1. The SMILES string of the molecule is COCC(COc1ccc(Cl)cc1Cl)OC(C)=O. The van der Waals surface area contributed by atoms with Crippen LogP contribution in [0.1, 0.15) is 6.92 Å². The van der Waals surface area contributed by atoms with Gasteiger partial charge in [0, 0.05) is 19.1 Å². The van der Waals surface area contributed by atoms with Gasteiger partial charge in [-0.1, -0.05) is 23.2 Å². The van der Waals surface area contributed by atoms with Crippen molar-refractivity contribution in [2.24, 2.45) is 0 Å². The molecule has 0 amide bonds. The second-order valence-corrected chi connectivity index (χ2v) is 4.42. The van der Waals surface area contributed by atoms with Crippen LogP contribution in [0.25, 0.3) is 0 Å². The number of benzene rings is 1. The van der Waals surface area contributed by atoms with Crippen LogP contribution in [0.15, 0.2) is 18.2 Å². The molecule has 0 heterocycles. The van der Waals surface area contributed by atoms with Gasteiger partial charge in [-0.25, -0.2) is 0 Å². The molecular weight excluding hydrogens is 279 g/mol. The summed E-state index contributed by atoms with van der Waals surface area (Å²) in [7, 11) is 1.52. The van der Waals surface area contributed by atoms with Crippen LogP contribution in [0, 0.1) is 0 Å². The fourth-order valence-electron chi connectivity index (χ4n) is 1.31. The van der Waals surface area contributed by atoms with Crippen molar-refractivity contribution in [1.82, 2.24) is 0 Å². The predicted molar refractivity (Wildman–Crippen MR) is 69.4 cm³/mol. The van der Waals surface area contributed by atoms with Gasteiger partial charge in [0.2, 0.25) is 0 Å². The lowest BCUT2D eigenvalue weighted by molar-refractivity contribution is -0.150. The molecule has 6 heteroatoms. The lowest BCUT2D eigenvalue weighted by atomic mass is 10.3. The Morgan fingerprint density at radius 3 is 2.61 bits per heavy atom. The van der Waals surface area contributed by atoms with E-state index in [0.29, 0.717) is 15.8 Å². The summed E-state index contributed by atoms with van der Waals surface area (Å²) >= 11 is 11.7. The average molecular weight is 293 g/mol. The van der Waals surface area contributed by atoms with Crippen LogP contribution < -0.4 is 4.74 Å². The highest BCUT2D eigenvalue weighted by Gasteiger charge is 2.13. The largest absolute Gasteiger partial charge is 0.488 e. The molecule has 0 aliphatic rings. The number of hydrogen-bond acceptors (Lipinski definition) is 4. The first-order valence-corrected chi connectivity index (χ1v) is 6.02. The molecule has 0 spiro atoms. The molecule has 0 saturated heterocycles. The van der Waals surface area contributed by atoms with Gasteiger partial charge in [-0.3, -0.25) is 4.79 Å². The van der Waals surface area contributed by atoms with Crippen molar-refractivity contribution >= 4 is 29.2 Å². The Bertz CT molecular complexity index is 409. The first kappa shape index (κ1) is 15.1. The maximum atomic E-state index is 10.9. The fraction of sp³-hybridized carbons (Fsp3) is 0.417. The van der Waals surface area contributed by atoms with Gasteiger partial charge in [0.1, 0.15) is 12.4 Å². The van der Waals surface area contributed by atoms with Crippen molar-refractivity contribution in [2.75, 3.05) is 20.3 Å². The normalized spacial score (nSPS) is 12.0. The van der Waals surface area contributed by atoms with Gasteiger partial charge in [-0.15, -0.1) is 0 Å². The first-order chi connectivity index (χ1) is 8.52. The molecular formula is C12H14Cl2O4. The third kappa shape index (κ3) is 5.12. The number of esters is 1. The third-order valence-electron chi connectivity index (χ3n) is 2.00. The van der Waals surface area contributed by atoms with Crippen LogP contribution in [0.2, 0.25) is 10.0 Å². The highest BCUT2D eigenvalue weighted by molar-refractivity contribution is 6.35. The number of halogens is 2. The molecule has 1 atom stereocenters. The minimum atomic E-state index is -0.473. The van der Waals surface area contributed by atoms with Crippen molar-refractivity contribution in [1.29, 1.82) is 0 Å². The Morgan fingerprint density at radius 2 is 2.06 bits per heavy atom. The first-order valence-electron chi connectivity index (χ1n) is 5.27. The van der Waals surface area contributed by atoms with Crippen LogP contribution in [0.3, 0.4) is 0 Å². The standard InChI is InChI=1S/C12H14Cl2O4/c1-8(15)18-10(6-16-2)7-17-12-4-3-9(13)5-11(12)14/h3-5,10H,6-7H2,1-2H3. The van der Waals surface area contributed by atoms with E-state index in [1.807, 2.05) is 0 Å². The van der Waals surface area contributed by atoms with E-state index in [0.717, 1.165) is 0 Å². The molecule has 18 heavy (non-hydrogen) atoms. The maximum absolute atomic E-state index is 10.9. The Labute approximate surface area is 116 Å². The number of ether oxygens (including phenoxy) is 3. The molecule has 1 aromatic carbocycles. The zero-order chi connectivity index (χ0) is 13.5. The summed E-state index contributed by atoms with van der Waals surface area (Å²) in [5.74, 6) is 0.0946. The second kappa shape index (κ2) is 7.46. The number of hydrogen-bond donors (Lipinski definition) is 0. The number of rotatable bonds is 6. The van der Waals surface area contributed by atoms with Crippen molar-refractivity contribution in [3.63, 3.8) is 0 Å². The van der Waals surface area contributed by atoms with Gasteiger partial charge < -0.3 is 14.2 Å². The molecule has 0 aliphatic carbocycles. The molecule has 1 aromatic rings. The molecule has 0 fully saturated rings. The van der Waals surface area contributed by atoms with Gasteiger partial charge in [0.15, 0.2) is 6.10 Å². The van der Waals surface area contributed by atoms with Crippen molar-refractivity contribution in [3.05, 3.63) is 28.2 Å². The van der Waals surface area contributed by atoms with Gasteiger partial charge in [0.05, 0.1) is 11.6 Å². The van der Waals surface area contributed by atoms with E-state index in [2.05, 4.69) is 0 Å². The molecule has 4 nitrogen and oxygen atoms in total. The van der Waals surface area contributed by atoms with E-state index in [1.165, 1.54) is 14.0 Å². The molecule has 0 aromatic heterocycles. The number of carbonyl (C=O) groups is 1. The topological polar surface area (TPSA) is 44.8 Å². The Morgan fingerprint density at radius 1 is 1.33 bits per heavy atom. The van der Waals surface area contributed by atoms with Crippen molar-refractivity contribution in [2.45, 2.75) is 13.0 Å². The fourth-order valence-corrected chi connectivity index (χ4v) is 1.77. The van der Waals surface area contributed by atoms with Crippen LogP contribution in [0.4, 0.5) is 0 Å². The minimum Gasteiger partial charge on any atom is -0.488 e. The van der Waals surface area contributed by atoms with Crippen LogP contribution in [-0.4, -0.2) is 32.4 Å². The molecule has 1 unspecified atom stereocenters. The van der Waals surface area contributed by atoms with E-state index in [9.17, 15) is 4.79 Å². The van der Waals surface area contributed by atoms with Crippen molar-refractivity contribution in [3.8, 4) is 5.75 Å². The highest BCUT2D eigenvalue weighted by atomic mass is 35.5. The summed E-state index contributed by atoms with van der Waals surface area (Å²) in [5.41, 5.74) is 0. The minimum absolute atomic E-state index is 0.161. The molecule has 100 valence electrons. The summed E-state index contributed by atoms with van der Waals surface area (Å²) in [6.07, 6.45) is -0.473. The third-order valence-corrected chi connectivity index (χ3v) is 2.53. The van der Waals surface area contributed by atoms with Crippen LogP contribution in [-0.2, 0) is 14.3 Å². The molecule has 0 aliphatic heterocycles. The predicted octanol–water partition coefficient (Wildman–Crippen LogP) is 2.95. The van der Waals surface area contributed by atoms with Gasteiger partial charge in [0.25, 0.3) is 0 Å². The summed E-state index contributed by atoms with van der Waals surface area (Å²) in [6, 6.07) is 4.90. The van der Waals surface area contributed by atoms with E-state index in [4.69, 9.17) is 37.4 Å². The van der Waals surface area contributed by atoms with Gasteiger partial charge in [-0.2, -0.15) is 0 Å². The van der Waals surface area contributed by atoms with Gasteiger partial charge >= 0.3 is 5.97 Å².